The van der Waals surface area contributed by atoms with E-state index in [1.807, 2.05) is 35.8 Å². The van der Waals surface area contributed by atoms with E-state index in [2.05, 4.69) is 41.5 Å². The van der Waals surface area contributed by atoms with E-state index in [4.69, 9.17) is 4.74 Å². The van der Waals surface area contributed by atoms with Crippen molar-refractivity contribution in [2.24, 2.45) is 21.8 Å². The lowest BCUT2D eigenvalue weighted by Gasteiger charge is -2.34. The van der Waals surface area contributed by atoms with Crippen molar-refractivity contribution in [3.63, 3.8) is 0 Å². The summed E-state index contributed by atoms with van der Waals surface area (Å²) in [4.78, 5) is 12.5. The molecule has 7 nitrogen and oxygen atoms in total. The number of fused-ring (bicyclic) bond motifs is 2. The highest BCUT2D eigenvalue weighted by Crippen LogP contribution is 2.63. The van der Waals surface area contributed by atoms with Crippen LogP contribution in [-0.4, -0.2) is 39.2 Å². The number of para-hydroxylation sites is 1. The van der Waals surface area contributed by atoms with E-state index in [1.165, 1.54) is 18.2 Å². The molecule has 2 aromatic rings. The van der Waals surface area contributed by atoms with Crippen LogP contribution in [0.15, 0.2) is 34.5 Å². The van der Waals surface area contributed by atoms with E-state index in [0.29, 0.717) is 17.6 Å². The summed E-state index contributed by atoms with van der Waals surface area (Å²) in [7, 11) is 1.64. The van der Waals surface area contributed by atoms with E-state index in [0.717, 1.165) is 35.7 Å². The van der Waals surface area contributed by atoms with Crippen molar-refractivity contribution in [1.82, 2.24) is 20.2 Å². The molecule has 1 amide bonds. The number of nitrogens with zero attached hydrogens (tertiary/aromatic N) is 4. The number of nitrogens with one attached hydrogen (secondary N) is 1. The van der Waals surface area contributed by atoms with Crippen LogP contribution in [0.2, 0.25) is 0 Å². The molecular formula is C23H31N5O2S. The first-order valence-corrected chi connectivity index (χ1v) is 11.9. The van der Waals surface area contributed by atoms with Crippen LogP contribution in [0.3, 0.4) is 0 Å². The number of ether oxygens (including phenoxy) is 1. The van der Waals surface area contributed by atoms with Gasteiger partial charge in [-0.3, -0.25) is 4.79 Å². The second-order valence-electron chi connectivity index (χ2n) is 9.13. The smallest absolute Gasteiger partial charge is 0.250 e. The van der Waals surface area contributed by atoms with Crippen LogP contribution >= 0.6 is 11.8 Å². The van der Waals surface area contributed by atoms with Gasteiger partial charge in [0.25, 0.3) is 5.91 Å². The molecule has 0 spiro atoms. The number of benzene rings is 1. The van der Waals surface area contributed by atoms with Crippen LogP contribution in [-0.2, 0) is 11.3 Å². The fourth-order valence-electron chi connectivity index (χ4n) is 5.10. The molecule has 1 N–H and O–H groups in total. The Morgan fingerprint density at radius 3 is 2.74 bits per heavy atom. The summed E-state index contributed by atoms with van der Waals surface area (Å²) in [6.07, 6.45) is 3.40. The number of amides is 1. The molecule has 2 atom stereocenters. The minimum Gasteiger partial charge on any atom is -0.496 e. The lowest BCUT2D eigenvalue weighted by atomic mass is 9.70. The summed E-state index contributed by atoms with van der Waals surface area (Å²) in [6.45, 7) is 9.70. The lowest BCUT2D eigenvalue weighted by Crippen LogP contribution is -2.34. The Bertz CT molecular complexity index is 1020. The number of aromatic nitrogens is 3. The second-order valence-corrected chi connectivity index (χ2v) is 10.1. The molecule has 2 unspecified atom stereocenters. The SMILES string of the molecule is CCn1c(SCC(=O)N/N=C2\CC3CCC2(C)C3(C)C)nnc1-c1ccccc1OC. The van der Waals surface area contributed by atoms with Crippen molar-refractivity contribution >= 4 is 23.4 Å². The van der Waals surface area contributed by atoms with Crippen molar-refractivity contribution in [2.45, 2.75) is 58.7 Å². The van der Waals surface area contributed by atoms with Gasteiger partial charge >= 0.3 is 0 Å². The van der Waals surface area contributed by atoms with E-state index in [9.17, 15) is 4.79 Å². The van der Waals surface area contributed by atoms with Crippen LogP contribution in [0.25, 0.3) is 11.4 Å². The van der Waals surface area contributed by atoms with Crippen LogP contribution < -0.4 is 10.2 Å². The Hall–Kier alpha value is -2.35. The molecule has 1 aromatic heterocycles. The third-order valence-corrected chi connectivity index (χ3v) is 8.51. The van der Waals surface area contributed by atoms with E-state index < -0.39 is 0 Å². The maximum Gasteiger partial charge on any atom is 0.250 e. The van der Waals surface area contributed by atoms with Crippen molar-refractivity contribution in [3.8, 4) is 17.1 Å². The van der Waals surface area contributed by atoms with Crippen molar-refractivity contribution < 1.29 is 9.53 Å². The van der Waals surface area contributed by atoms with Gasteiger partial charge in [-0.25, -0.2) is 5.43 Å². The number of rotatable bonds is 7. The largest absolute Gasteiger partial charge is 0.496 e. The molecule has 31 heavy (non-hydrogen) atoms. The van der Waals surface area contributed by atoms with Gasteiger partial charge in [-0.2, -0.15) is 5.10 Å². The third kappa shape index (κ3) is 3.64. The van der Waals surface area contributed by atoms with Gasteiger partial charge in [0.05, 0.1) is 18.4 Å². The molecule has 2 bridgehead atoms. The summed E-state index contributed by atoms with van der Waals surface area (Å²) < 4.78 is 7.47. The molecule has 2 aliphatic rings. The number of hydrogen-bond acceptors (Lipinski definition) is 6. The summed E-state index contributed by atoms with van der Waals surface area (Å²) in [5.41, 5.74) is 5.15. The normalized spacial score (nSPS) is 25.2. The predicted octanol–water partition coefficient (Wildman–Crippen LogP) is 4.38. The minimum absolute atomic E-state index is 0.0874. The number of thioether (sulfide) groups is 1. The predicted molar refractivity (Wildman–Crippen MR) is 123 cm³/mol. The summed E-state index contributed by atoms with van der Waals surface area (Å²) in [5, 5.41) is 13.9. The topological polar surface area (TPSA) is 81.4 Å². The Kier molecular flexibility index (Phi) is 5.85. The molecule has 0 radical (unpaired) electrons. The van der Waals surface area contributed by atoms with Crippen LogP contribution in [0.5, 0.6) is 5.75 Å². The first-order chi connectivity index (χ1) is 14.8. The average molecular weight is 442 g/mol. The van der Waals surface area contributed by atoms with Crippen molar-refractivity contribution in [2.75, 3.05) is 12.9 Å². The lowest BCUT2D eigenvalue weighted by molar-refractivity contribution is -0.118. The molecule has 4 rings (SSSR count). The fourth-order valence-corrected chi connectivity index (χ4v) is 5.89. The van der Waals surface area contributed by atoms with Gasteiger partial charge in [-0.1, -0.05) is 44.7 Å². The molecule has 0 aliphatic heterocycles. The minimum atomic E-state index is -0.119. The first-order valence-electron chi connectivity index (χ1n) is 10.9. The summed E-state index contributed by atoms with van der Waals surface area (Å²) in [6, 6.07) is 7.74. The number of hydrogen-bond donors (Lipinski definition) is 1. The highest BCUT2D eigenvalue weighted by atomic mass is 32.2. The molecular weight excluding hydrogens is 410 g/mol. The van der Waals surface area contributed by atoms with Crippen molar-refractivity contribution in [1.29, 1.82) is 0 Å². The molecule has 2 saturated carbocycles. The van der Waals surface area contributed by atoms with Gasteiger partial charge in [0.15, 0.2) is 11.0 Å². The van der Waals surface area contributed by atoms with E-state index in [1.54, 1.807) is 7.11 Å². The molecule has 1 aromatic carbocycles. The van der Waals surface area contributed by atoms with Gasteiger partial charge in [-0.15, -0.1) is 10.2 Å². The Labute approximate surface area is 188 Å². The third-order valence-electron chi connectivity index (χ3n) is 7.54. The average Bonchev–Trinajstić information content (AvgIpc) is 3.34. The van der Waals surface area contributed by atoms with Gasteiger partial charge in [0.1, 0.15) is 5.75 Å². The number of hydrazone groups is 1. The molecule has 2 fully saturated rings. The highest BCUT2D eigenvalue weighted by Gasteiger charge is 2.60. The highest BCUT2D eigenvalue weighted by molar-refractivity contribution is 7.99. The molecule has 2 aliphatic carbocycles. The van der Waals surface area contributed by atoms with Crippen LogP contribution in [0, 0.1) is 16.7 Å². The fraction of sp³-hybridized carbons (Fsp3) is 0.565. The molecule has 0 saturated heterocycles. The number of methoxy groups -OCH3 is 1. The monoisotopic (exact) mass is 441 g/mol. The molecule has 8 heteroatoms. The van der Waals surface area contributed by atoms with Crippen molar-refractivity contribution in [3.05, 3.63) is 24.3 Å². The molecule has 1 heterocycles. The quantitative estimate of drug-likeness (QED) is 0.509. The standard InChI is InChI=1S/C23H31N5O2S/c1-6-28-20(16-9-7-8-10-17(16)30-5)26-27-21(28)31-14-19(29)25-24-18-13-15-11-12-23(18,4)22(15,2)3/h7-10,15H,6,11-14H2,1-5H3,(H,25,29)/b24-18+. The second kappa shape index (κ2) is 8.30. The summed E-state index contributed by atoms with van der Waals surface area (Å²) >= 11 is 1.37. The maximum absolute atomic E-state index is 12.5. The van der Waals surface area contributed by atoms with E-state index in [-0.39, 0.29) is 22.5 Å². The van der Waals surface area contributed by atoms with Gasteiger partial charge in [0, 0.05) is 17.7 Å². The van der Waals surface area contributed by atoms with Crippen LogP contribution in [0.1, 0.15) is 47.0 Å². The Balaban J connectivity index is 1.42. The van der Waals surface area contributed by atoms with Gasteiger partial charge < -0.3 is 9.30 Å². The van der Waals surface area contributed by atoms with Gasteiger partial charge in [0.2, 0.25) is 0 Å². The molecule has 166 valence electrons. The van der Waals surface area contributed by atoms with Gasteiger partial charge in [-0.05, 0) is 49.7 Å². The zero-order chi connectivity index (χ0) is 22.2. The zero-order valence-corrected chi connectivity index (χ0v) is 19.8. The maximum atomic E-state index is 12.5. The number of carbonyl (C=O) groups excluding carboxylic acids is 1. The van der Waals surface area contributed by atoms with E-state index >= 15 is 0 Å². The first kappa shape index (κ1) is 21.9. The number of carbonyl (C=O) groups is 1. The Morgan fingerprint density at radius 1 is 1.32 bits per heavy atom. The Morgan fingerprint density at radius 2 is 2.10 bits per heavy atom. The summed E-state index contributed by atoms with van der Waals surface area (Å²) in [5.74, 6) is 2.27. The van der Waals surface area contributed by atoms with Crippen LogP contribution in [0.4, 0.5) is 0 Å². The zero-order valence-electron chi connectivity index (χ0n) is 18.9.